The molecule has 2 aliphatic heterocycles. The number of fused-ring (bicyclic) bond motifs is 2. The summed E-state index contributed by atoms with van der Waals surface area (Å²) in [4.78, 5) is 73.0. The number of hydrogen-bond donors (Lipinski definition) is 2. The molecular formula is C44H48N2O15. The Morgan fingerprint density at radius 2 is 0.984 bits per heavy atom. The van der Waals surface area contributed by atoms with Crippen LogP contribution in [-0.4, -0.2) is 114 Å². The van der Waals surface area contributed by atoms with Crippen LogP contribution in [0.1, 0.15) is 43.0 Å². The predicted octanol–water partition coefficient (Wildman–Crippen LogP) is 3.88. The van der Waals surface area contributed by atoms with E-state index in [1.165, 1.54) is 97.2 Å². The summed E-state index contributed by atoms with van der Waals surface area (Å²) >= 11 is 0. The van der Waals surface area contributed by atoms with Gasteiger partial charge in [-0.2, -0.15) is 0 Å². The Morgan fingerprint density at radius 1 is 0.557 bits per heavy atom. The molecule has 61 heavy (non-hydrogen) atoms. The van der Waals surface area contributed by atoms with Crippen molar-refractivity contribution in [2.45, 2.75) is 38.0 Å². The number of nitrogens with zero attached hydrogens (tertiary/aromatic N) is 1. The van der Waals surface area contributed by atoms with Crippen molar-refractivity contribution in [2.75, 3.05) is 56.9 Å². The van der Waals surface area contributed by atoms with Crippen molar-refractivity contribution in [1.29, 1.82) is 0 Å². The van der Waals surface area contributed by atoms with Crippen molar-refractivity contribution in [3.8, 4) is 34.5 Å². The van der Waals surface area contributed by atoms with Gasteiger partial charge >= 0.3 is 17.9 Å². The number of carbonyl (C=O) groups is 6. The third-order valence-corrected chi connectivity index (χ3v) is 9.79. The molecule has 0 bridgehead atoms. The topological polar surface area (TPSA) is 212 Å². The lowest BCUT2D eigenvalue weighted by atomic mass is 9.93. The fourth-order valence-corrected chi connectivity index (χ4v) is 6.65. The second-order valence-corrected chi connectivity index (χ2v) is 13.2. The third kappa shape index (κ3) is 10.9. The Hall–Kier alpha value is -7.14. The standard InChI is InChI=1S/C22H23NO7.C11H13NO2.C11H12O6/c1-27-17-10-15(11-18(28-2)20(17)29-3)19(24)21(25)23-12-14-8-6-5-7-13(14)9-16(23)22(26)30-4;1-14-11(13)10-6-8-4-2-3-5-9(8)7-12-10;1-15-7-4-6(9(12)11(13)14)5-8(16-2)10(7)17-3/h5-8,10-11,16H,9,12H2,1-4H3;2-5,10,12H,6-7H2,1H3;4-5H,1-3H3,(H,13,14). The van der Waals surface area contributed by atoms with Gasteiger partial charge in [-0.3, -0.25) is 19.2 Å². The summed E-state index contributed by atoms with van der Waals surface area (Å²) in [6.07, 6.45) is 1.000. The van der Waals surface area contributed by atoms with Gasteiger partial charge in [-0.25, -0.2) is 9.59 Å². The van der Waals surface area contributed by atoms with Gasteiger partial charge in [0.1, 0.15) is 12.1 Å². The van der Waals surface area contributed by atoms with Crippen LogP contribution < -0.4 is 33.7 Å². The zero-order valence-corrected chi connectivity index (χ0v) is 35.0. The van der Waals surface area contributed by atoms with Crippen LogP contribution in [0, 0.1) is 0 Å². The molecule has 2 N–H and O–H groups in total. The minimum Gasteiger partial charge on any atom is -0.493 e. The number of Topliss-reactive ketones (excluding diaryl/α,β-unsaturated/α-hetero) is 2. The van der Waals surface area contributed by atoms with Crippen molar-refractivity contribution >= 4 is 35.4 Å². The first-order valence-electron chi connectivity index (χ1n) is 18.6. The molecule has 0 aromatic heterocycles. The number of methoxy groups -OCH3 is 8. The quantitative estimate of drug-likeness (QED) is 0.118. The average molecular weight is 845 g/mol. The van der Waals surface area contributed by atoms with Crippen LogP contribution in [0.5, 0.6) is 34.5 Å². The van der Waals surface area contributed by atoms with Gasteiger partial charge in [-0.1, -0.05) is 48.5 Å². The molecule has 4 aromatic carbocycles. The Balaban J connectivity index is 0.000000222. The molecule has 17 heteroatoms. The molecule has 0 aliphatic carbocycles. The molecule has 2 aliphatic rings. The van der Waals surface area contributed by atoms with E-state index in [0.717, 1.165) is 24.1 Å². The summed E-state index contributed by atoms with van der Waals surface area (Å²) in [5, 5.41) is 11.8. The molecule has 2 unspecified atom stereocenters. The van der Waals surface area contributed by atoms with E-state index < -0.39 is 35.5 Å². The highest BCUT2D eigenvalue weighted by molar-refractivity contribution is 6.43. The fourth-order valence-electron chi connectivity index (χ4n) is 6.65. The number of ketones is 2. The normalized spacial score (nSPS) is 14.7. The lowest BCUT2D eigenvalue weighted by molar-refractivity contribution is -0.152. The molecule has 0 radical (unpaired) electrons. The molecule has 0 spiro atoms. The van der Waals surface area contributed by atoms with E-state index in [1.54, 1.807) is 0 Å². The SMILES string of the molecule is COC(=O)C1Cc2ccccc2CN1.COC(=O)C1Cc2ccccc2CN1C(=O)C(=O)c1cc(OC)c(OC)c(OC)c1.COc1cc(C(=O)C(=O)O)cc(OC)c1OC. The van der Waals surface area contributed by atoms with E-state index >= 15 is 0 Å². The number of nitrogens with one attached hydrogen (secondary N) is 1. The molecule has 2 atom stereocenters. The maximum absolute atomic E-state index is 13.1. The Bertz CT molecular complexity index is 2210. The van der Waals surface area contributed by atoms with Crippen molar-refractivity contribution in [3.63, 3.8) is 0 Å². The molecule has 0 saturated heterocycles. The maximum atomic E-state index is 13.1. The number of hydrogen-bond acceptors (Lipinski definition) is 15. The number of carboxylic acid groups (broad SMARTS) is 1. The molecule has 0 saturated carbocycles. The van der Waals surface area contributed by atoms with Crippen molar-refractivity contribution < 1.29 is 71.8 Å². The molecule has 17 nitrogen and oxygen atoms in total. The number of esters is 2. The Morgan fingerprint density at radius 3 is 1.41 bits per heavy atom. The van der Waals surface area contributed by atoms with E-state index in [0.29, 0.717) is 11.5 Å². The van der Waals surface area contributed by atoms with Crippen LogP contribution in [0.25, 0.3) is 0 Å². The van der Waals surface area contributed by atoms with E-state index in [2.05, 4.69) is 17.4 Å². The lowest BCUT2D eigenvalue weighted by Crippen LogP contribution is -2.51. The summed E-state index contributed by atoms with van der Waals surface area (Å²) in [6, 6.07) is 20.0. The van der Waals surface area contributed by atoms with Crippen LogP contribution in [-0.2, 0) is 54.6 Å². The zero-order valence-electron chi connectivity index (χ0n) is 35.0. The summed E-state index contributed by atoms with van der Waals surface area (Å²) in [5.41, 5.74) is 4.36. The van der Waals surface area contributed by atoms with Crippen LogP contribution in [0.15, 0.2) is 72.8 Å². The van der Waals surface area contributed by atoms with Crippen LogP contribution in [0.3, 0.4) is 0 Å². The van der Waals surface area contributed by atoms with Gasteiger partial charge in [0.05, 0.1) is 56.9 Å². The lowest BCUT2D eigenvalue weighted by Gasteiger charge is -2.34. The molecule has 1 amide bonds. The molecule has 6 rings (SSSR count). The fraction of sp³-hybridized carbons (Fsp3) is 0.318. The second kappa shape index (κ2) is 21.7. The third-order valence-electron chi connectivity index (χ3n) is 9.79. The van der Waals surface area contributed by atoms with Gasteiger partial charge < -0.3 is 53.2 Å². The number of rotatable bonds is 12. The second-order valence-electron chi connectivity index (χ2n) is 13.2. The van der Waals surface area contributed by atoms with E-state index in [1.807, 2.05) is 36.4 Å². The van der Waals surface area contributed by atoms with Crippen molar-refractivity contribution in [2.24, 2.45) is 0 Å². The largest absolute Gasteiger partial charge is 0.493 e. The van der Waals surface area contributed by atoms with Gasteiger partial charge in [-0.15, -0.1) is 0 Å². The first-order valence-corrected chi connectivity index (χ1v) is 18.6. The van der Waals surface area contributed by atoms with Crippen LogP contribution in [0.4, 0.5) is 0 Å². The highest BCUT2D eigenvalue weighted by Gasteiger charge is 2.38. The Labute approximate surface area is 352 Å². The maximum Gasteiger partial charge on any atom is 0.377 e. The Kier molecular flexibility index (Phi) is 16.6. The first-order chi connectivity index (χ1) is 29.3. The zero-order chi connectivity index (χ0) is 44.8. The minimum atomic E-state index is -1.54. The first kappa shape index (κ1) is 46.5. The van der Waals surface area contributed by atoms with Crippen molar-refractivity contribution in [3.05, 3.63) is 106 Å². The predicted molar refractivity (Wildman–Crippen MR) is 218 cm³/mol. The minimum absolute atomic E-state index is 0.0352. The highest BCUT2D eigenvalue weighted by atomic mass is 16.5. The summed E-state index contributed by atoms with van der Waals surface area (Å²) in [6.45, 7) is 0.876. The number of aliphatic carboxylic acids is 1. The van der Waals surface area contributed by atoms with Crippen LogP contribution >= 0.6 is 0 Å². The van der Waals surface area contributed by atoms with Gasteiger partial charge in [0.15, 0.2) is 23.0 Å². The van der Waals surface area contributed by atoms with Gasteiger partial charge in [0.2, 0.25) is 11.5 Å². The number of carboxylic acids is 1. The number of benzene rings is 4. The van der Waals surface area contributed by atoms with Gasteiger partial charge in [0, 0.05) is 30.6 Å². The van der Waals surface area contributed by atoms with E-state index in [4.69, 9.17) is 43.0 Å². The summed E-state index contributed by atoms with van der Waals surface area (Å²) < 4.78 is 40.4. The smallest absolute Gasteiger partial charge is 0.377 e. The van der Waals surface area contributed by atoms with Gasteiger partial charge in [-0.05, 0) is 52.9 Å². The molecular weight excluding hydrogens is 796 g/mol. The van der Waals surface area contributed by atoms with Crippen molar-refractivity contribution in [1.82, 2.24) is 10.2 Å². The number of ether oxygens (including phenoxy) is 8. The molecule has 0 fully saturated rings. The monoisotopic (exact) mass is 844 g/mol. The molecule has 324 valence electrons. The highest BCUT2D eigenvalue weighted by Crippen LogP contribution is 2.39. The van der Waals surface area contributed by atoms with Gasteiger partial charge in [0.25, 0.3) is 17.5 Å². The molecule has 4 aromatic rings. The van der Waals surface area contributed by atoms with E-state index in [9.17, 15) is 28.8 Å². The van der Waals surface area contributed by atoms with Crippen LogP contribution in [0.2, 0.25) is 0 Å². The average Bonchev–Trinajstić information content (AvgIpc) is 3.31. The molecule has 2 heterocycles. The summed E-state index contributed by atoms with van der Waals surface area (Å²) in [5.74, 6) is -3.36. The van der Waals surface area contributed by atoms with E-state index in [-0.39, 0.29) is 59.1 Å². The summed E-state index contributed by atoms with van der Waals surface area (Å²) in [7, 11) is 11.1. The number of carbonyl (C=O) groups excluding carboxylic acids is 5. The number of amides is 1.